The van der Waals surface area contributed by atoms with Gasteiger partial charge in [-0.15, -0.1) is 0 Å². The highest BCUT2D eigenvalue weighted by Crippen LogP contribution is 2.20. The van der Waals surface area contributed by atoms with Crippen LogP contribution in [0, 0.1) is 0 Å². The second-order valence-corrected chi connectivity index (χ2v) is 4.76. The zero-order valence-electron chi connectivity index (χ0n) is 11.1. The van der Waals surface area contributed by atoms with Crippen LogP contribution < -0.4 is 11.1 Å². The van der Waals surface area contributed by atoms with Gasteiger partial charge in [0.2, 0.25) is 5.91 Å². The van der Waals surface area contributed by atoms with Crippen molar-refractivity contribution < 1.29 is 22.8 Å². The third kappa shape index (κ3) is 3.54. The van der Waals surface area contributed by atoms with Gasteiger partial charge in [-0.1, -0.05) is 0 Å². The summed E-state index contributed by atoms with van der Waals surface area (Å²) < 4.78 is 38.3. The molecule has 1 atom stereocenters. The number of rotatable bonds is 3. The molecule has 1 aliphatic rings. The molecule has 1 aromatic heterocycles. The van der Waals surface area contributed by atoms with Crippen molar-refractivity contribution in [3.63, 3.8) is 0 Å². The Balaban J connectivity index is 2.23. The molecule has 0 saturated carbocycles. The number of hydrogen-bond acceptors (Lipinski definition) is 3. The molecule has 9 heteroatoms. The van der Waals surface area contributed by atoms with Crippen molar-refractivity contribution in [1.29, 1.82) is 0 Å². The first-order valence-corrected chi connectivity index (χ1v) is 6.32. The molecule has 0 radical (unpaired) electrons. The van der Waals surface area contributed by atoms with Gasteiger partial charge in [0.1, 0.15) is 18.3 Å². The molecule has 1 aromatic rings. The van der Waals surface area contributed by atoms with E-state index in [9.17, 15) is 22.8 Å². The molecule has 3 N–H and O–H groups in total. The molecule has 6 nitrogen and oxygen atoms in total. The van der Waals surface area contributed by atoms with Crippen LogP contribution in [0.1, 0.15) is 10.5 Å². The van der Waals surface area contributed by atoms with Gasteiger partial charge in [-0.2, -0.15) is 13.2 Å². The average Bonchev–Trinajstić information content (AvgIpc) is 2.83. The standard InChI is InChI=1S/C12H15F3N4O2/c13-12(14,15)7-18-4-1-2-8(18)11(21)19-5-3-17-6-9(19)10(16)20/h1-2,4,9,17H,3,5-7H2,(H2,16,20). The van der Waals surface area contributed by atoms with Gasteiger partial charge in [0.05, 0.1) is 0 Å². The summed E-state index contributed by atoms with van der Waals surface area (Å²) >= 11 is 0. The monoisotopic (exact) mass is 304 g/mol. The summed E-state index contributed by atoms with van der Waals surface area (Å²) in [7, 11) is 0. The predicted octanol–water partition coefficient (Wildman–Crippen LogP) is -0.0503. The van der Waals surface area contributed by atoms with E-state index in [1.807, 2.05) is 0 Å². The van der Waals surface area contributed by atoms with Crippen molar-refractivity contribution >= 4 is 11.8 Å². The topological polar surface area (TPSA) is 80.4 Å². The van der Waals surface area contributed by atoms with Crippen molar-refractivity contribution in [3.8, 4) is 0 Å². The van der Waals surface area contributed by atoms with Gasteiger partial charge in [0, 0.05) is 25.8 Å². The van der Waals surface area contributed by atoms with Gasteiger partial charge in [-0.3, -0.25) is 9.59 Å². The van der Waals surface area contributed by atoms with Crippen LogP contribution in [-0.4, -0.2) is 53.1 Å². The molecule has 0 spiro atoms. The quantitative estimate of drug-likeness (QED) is 0.821. The van der Waals surface area contributed by atoms with E-state index >= 15 is 0 Å². The Labute approximate surface area is 118 Å². The summed E-state index contributed by atoms with van der Waals surface area (Å²) in [6.07, 6.45) is -3.25. The Hall–Kier alpha value is -2.03. The highest BCUT2D eigenvalue weighted by Gasteiger charge is 2.34. The van der Waals surface area contributed by atoms with Crippen molar-refractivity contribution in [1.82, 2.24) is 14.8 Å². The maximum Gasteiger partial charge on any atom is 0.406 e. The number of halogens is 3. The Morgan fingerprint density at radius 3 is 2.76 bits per heavy atom. The predicted molar refractivity (Wildman–Crippen MR) is 67.4 cm³/mol. The maximum atomic E-state index is 12.5. The van der Waals surface area contributed by atoms with Gasteiger partial charge in [0.15, 0.2) is 0 Å². The summed E-state index contributed by atoms with van der Waals surface area (Å²) in [5, 5.41) is 2.92. The Bertz CT molecular complexity index is 541. The number of nitrogens with one attached hydrogen (secondary N) is 1. The molecule has 2 rings (SSSR count). The number of piperazine rings is 1. The van der Waals surface area contributed by atoms with E-state index in [0.29, 0.717) is 6.54 Å². The second kappa shape index (κ2) is 5.76. The lowest BCUT2D eigenvalue weighted by Gasteiger charge is -2.34. The zero-order chi connectivity index (χ0) is 15.6. The van der Waals surface area contributed by atoms with Gasteiger partial charge >= 0.3 is 6.18 Å². The molecule has 1 aliphatic heterocycles. The summed E-state index contributed by atoms with van der Waals surface area (Å²) in [4.78, 5) is 24.9. The normalized spacial score (nSPS) is 19.6. The molecule has 0 aliphatic carbocycles. The Morgan fingerprint density at radius 1 is 1.43 bits per heavy atom. The van der Waals surface area contributed by atoms with E-state index < -0.39 is 30.6 Å². The fourth-order valence-corrected chi connectivity index (χ4v) is 2.29. The SMILES string of the molecule is NC(=O)C1CNCCN1C(=O)c1cccn1CC(F)(F)F. The number of carbonyl (C=O) groups excluding carboxylic acids is 2. The van der Waals surface area contributed by atoms with Crippen molar-refractivity contribution in [2.45, 2.75) is 18.8 Å². The van der Waals surface area contributed by atoms with Crippen LogP contribution in [-0.2, 0) is 11.3 Å². The Kier molecular flexibility index (Phi) is 4.21. The van der Waals surface area contributed by atoms with Crippen molar-refractivity contribution in [3.05, 3.63) is 24.0 Å². The number of primary amides is 1. The molecular formula is C12H15F3N4O2. The van der Waals surface area contributed by atoms with Gasteiger partial charge in [0.25, 0.3) is 5.91 Å². The lowest BCUT2D eigenvalue weighted by molar-refractivity contribution is -0.140. The van der Waals surface area contributed by atoms with E-state index in [1.165, 1.54) is 23.2 Å². The van der Waals surface area contributed by atoms with E-state index in [2.05, 4.69) is 5.32 Å². The first kappa shape index (κ1) is 15.4. The largest absolute Gasteiger partial charge is 0.406 e. The lowest BCUT2D eigenvalue weighted by atomic mass is 10.1. The van der Waals surface area contributed by atoms with E-state index in [1.54, 1.807) is 0 Å². The third-order valence-corrected chi connectivity index (χ3v) is 3.23. The first-order valence-electron chi connectivity index (χ1n) is 6.32. The smallest absolute Gasteiger partial charge is 0.368 e. The van der Waals surface area contributed by atoms with E-state index in [4.69, 9.17) is 5.73 Å². The molecule has 21 heavy (non-hydrogen) atoms. The minimum atomic E-state index is -4.43. The van der Waals surface area contributed by atoms with Crippen molar-refractivity contribution in [2.75, 3.05) is 19.6 Å². The molecule has 1 saturated heterocycles. The van der Waals surface area contributed by atoms with E-state index in [0.717, 1.165) is 4.57 Å². The molecule has 0 bridgehead atoms. The zero-order valence-corrected chi connectivity index (χ0v) is 11.1. The molecule has 1 fully saturated rings. The summed E-state index contributed by atoms with van der Waals surface area (Å²) in [6, 6.07) is 1.80. The van der Waals surface area contributed by atoms with Crippen LogP contribution in [0.3, 0.4) is 0 Å². The fraction of sp³-hybridized carbons (Fsp3) is 0.500. The summed E-state index contributed by atoms with van der Waals surface area (Å²) in [6.45, 7) is -0.394. The highest BCUT2D eigenvalue weighted by molar-refractivity contribution is 5.96. The average molecular weight is 304 g/mol. The molecule has 0 aromatic carbocycles. The number of hydrogen-bond donors (Lipinski definition) is 2. The minimum absolute atomic E-state index is 0.111. The van der Waals surface area contributed by atoms with Gasteiger partial charge in [-0.25, -0.2) is 0 Å². The molecular weight excluding hydrogens is 289 g/mol. The van der Waals surface area contributed by atoms with Crippen LogP contribution in [0.15, 0.2) is 18.3 Å². The molecule has 2 amide bonds. The number of nitrogens with two attached hydrogens (primary N) is 1. The Morgan fingerprint density at radius 2 is 2.14 bits per heavy atom. The molecule has 116 valence electrons. The minimum Gasteiger partial charge on any atom is -0.368 e. The van der Waals surface area contributed by atoms with Crippen LogP contribution in [0.25, 0.3) is 0 Å². The first-order chi connectivity index (χ1) is 9.79. The number of amides is 2. The number of aromatic nitrogens is 1. The number of alkyl halides is 3. The third-order valence-electron chi connectivity index (χ3n) is 3.23. The molecule has 2 heterocycles. The maximum absolute atomic E-state index is 12.5. The lowest BCUT2D eigenvalue weighted by Crippen LogP contribution is -2.59. The van der Waals surface area contributed by atoms with Gasteiger partial charge < -0.3 is 20.5 Å². The fourth-order valence-electron chi connectivity index (χ4n) is 2.29. The second-order valence-electron chi connectivity index (χ2n) is 4.76. The van der Waals surface area contributed by atoms with Crippen LogP contribution in [0.2, 0.25) is 0 Å². The highest BCUT2D eigenvalue weighted by atomic mass is 19.4. The summed E-state index contributed by atoms with van der Waals surface area (Å²) in [5.74, 6) is -1.32. The number of nitrogens with zero attached hydrogens (tertiary/aromatic N) is 2. The summed E-state index contributed by atoms with van der Waals surface area (Å²) in [5.41, 5.74) is 5.12. The van der Waals surface area contributed by atoms with Crippen LogP contribution >= 0.6 is 0 Å². The van der Waals surface area contributed by atoms with Crippen LogP contribution in [0.4, 0.5) is 13.2 Å². The van der Waals surface area contributed by atoms with Crippen molar-refractivity contribution in [2.24, 2.45) is 5.73 Å². The number of carbonyl (C=O) groups is 2. The van der Waals surface area contributed by atoms with E-state index in [-0.39, 0.29) is 18.8 Å². The van der Waals surface area contributed by atoms with Crippen LogP contribution in [0.5, 0.6) is 0 Å². The van der Waals surface area contributed by atoms with Gasteiger partial charge in [-0.05, 0) is 12.1 Å². The molecule has 1 unspecified atom stereocenters.